The van der Waals surface area contributed by atoms with Gasteiger partial charge >= 0.3 is 0 Å². The lowest BCUT2D eigenvalue weighted by Gasteiger charge is -2.21. The Morgan fingerprint density at radius 1 is 1.35 bits per heavy atom. The van der Waals surface area contributed by atoms with Crippen LogP contribution in [0.2, 0.25) is 0 Å². The molecule has 108 valence electrons. The summed E-state index contributed by atoms with van der Waals surface area (Å²) < 4.78 is 0. The van der Waals surface area contributed by atoms with E-state index in [0.717, 1.165) is 24.9 Å². The average molecular weight is 273 g/mol. The van der Waals surface area contributed by atoms with E-state index in [-0.39, 0.29) is 12.5 Å². The van der Waals surface area contributed by atoms with E-state index in [9.17, 15) is 4.79 Å². The summed E-state index contributed by atoms with van der Waals surface area (Å²) in [6, 6.07) is 5.64. The zero-order valence-electron chi connectivity index (χ0n) is 12.6. The minimum Gasteiger partial charge on any atom is -0.384 e. The van der Waals surface area contributed by atoms with Crippen molar-refractivity contribution >= 4 is 5.91 Å². The zero-order chi connectivity index (χ0) is 15.0. The van der Waals surface area contributed by atoms with E-state index >= 15 is 0 Å². The molecule has 0 heterocycles. The average Bonchev–Trinajstić information content (AvgIpc) is 2.45. The van der Waals surface area contributed by atoms with Crippen LogP contribution >= 0.6 is 0 Å². The molecule has 0 unspecified atom stereocenters. The number of benzene rings is 1. The Morgan fingerprint density at radius 2 is 2.10 bits per heavy atom. The molecule has 0 atom stereocenters. The second-order valence-corrected chi connectivity index (χ2v) is 4.75. The Morgan fingerprint density at radius 3 is 2.70 bits per heavy atom. The van der Waals surface area contributed by atoms with E-state index in [2.05, 4.69) is 18.8 Å². The van der Waals surface area contributed by atoms with E-state index in [1.54, 1.807) is 0 Å². The predicted octanol–water partition coefficient (Wildman–Crippen LogP) is 2.60. The molecule has 0 radical (unpaired) electrons. The molecule has 0 aliphatic carbocycles. The quantitative estimate of drug-likeness (QED) is 0.838. The second-order valence-electron chi connectivity index (χ2n) is 4.75. The van der Waals surface area contributed by atoms with Gasteiger partial charge in [-0.2, -0.15) is 0 Å². The molecule has 0 saturated heterocycles. The van der Waals surface area contributed by atoms with Gasteiger partial charge in [0.2, 0.25) is 0 Å². The van der Waals surface area contributed by atoms with Crippen LogP contribution in [-0.4, -0.2) is 35.6 Å². The fraction of sp³-hybridized carbons (Fsp3) is 0.471. The monoisotopic (exact) mass is 273 g/mol. The van der Waals surface area contributed by atoms with Gasteiger partial charge < -0.3 is 10.0 Å². The third-order valence-corrected chi connectivity index (χ3v) is 3.16. The molecule has 3 nitrogen and oxygen atoms in total. The van der Waals surface area contributed by atoms with Crippen molar-refractivity contribution in [2.45, 2.75) is 33.6 Å². The van der Waals surface area contributed by atoms with Crippen molar-refractivity contribution in [2.24, 2.45) is 0 Å². The van der Waals surface area contributed by atoms with Crippen LogP contribution in [-0.2, 0) is 0 Å². The Labute approximate surface area is 121 Å². The Bertz CT molecular complexity index is 511. The maximum Gasteiger partial charge on any atom is 0.255 e. The van der Waals surface area contributed by atoms with Crippen LogP contribution in [0.1, 0.15) is 48.2 Å². The van der Waals surface area contributed by atoms with Gasteiger partial charge in [0.15, 0.2) is 0 Å². The van der Waals surface area contributed by atoms with Crippen LogP contribution in [0.5, 0.6) is 0 Å². The lowest BCUT2D eigenvalue weighted by Crippen LogP contribution is -2.32. The normalized spacial score (nSPS) is 9.80. The molecule has 0 fully saturated rings. The molecule has 0 bridgehead atoms. The van der Waals surface area contributed by atoms with Gasteiger partial charge in [0, 0.05) is 18.7 Å². The molecule has 1 aromatic carbocycles. The second kappa shape index (κ2) is 8.39. The predicted molar refractivity (Wildman–Crippen MR) is 81.6 cm³/mol. The van der Waals surface area contributed by atoms with Crippen molar-refractivity contribution in [1.82, 2.24) is 4.90 Å². The molecule has 3 heteroatoms. The van der Waals surface area contributed by atoms with Crippen LogP contribution in [0.3, 0.4) is 0 Å². The molecule has 0 aliphatic rings. The van der Waals surface area contributed by atoms with Crippen molar-refractivity contribution in [3.05, 3.63) is 34.9 Å². The summed E-state index contributed by atoms with van der Waals surface area (Å²) in [5.74, 6) is 5.51. The molecule has 1 amide bonds. The molecule has 20 heavy (non-hydrogen) atoms. The molecular formula is C17H23NO2. The highest BCUT2D eigenvalue weighted by Crippen LogP contribution is 2.14. The first-order chi connectivity index (χ1) is 9.63. The fourth-order valence-electron chi connectivity index (χ4n) is 2.01. The highest BCUT2D eigenvalue weighted by molar-refractivity contribution is 5.96. The van der Waals surface area contributed by atoms with Gasteiger partial charge in [-0.05, 0) is 38.0 Å². The van der Waals surface area contributed by atoms with E-state index in [0.29, 0.717) is 17.7 Å². The maximum absolute atomic E-state index is 12.6. The number of carbonyl (C=O) groups is 1. The maximum atomic E-state index is 12.6. The fourth-order valence-corrected chi connectivity index (χ4v) is 2.01. The van der Waals surface area contributed by atoms with Crippen LogP contribution in [0, 0.1) is 18.8 Å². The minimum absolute atomic E-state index is 0.0168. The first-order valence-corrected chi connectivity index (χ1v) is 7.13. The first-order valence-electron chi connectivity index (χ1n) is 7.13. The summed E-state index contributed by atoms with van der Waals surface area (Å²) in [5.41, 5.74) is 2.37. The van der Waals surface area contributed by atoms with Gasteiger partial charge in [-0.3, -0.25) is 4.79 Å². The van der Waals surface area contributed by atoms with E-state index in [1.807, 2.05) is 36.9 Å². The van der Waals surface area contributed by atoms with E-state index < -0.39 is 0 Å². The number of nitrogens with zero attached hydrogens (tertiary/aromatic N) is 1. The minimum atomic E-state index is -0.200. The summed E-state index contributed by atoms with van der Waals surface area (Å²) >= 11 is 0. The smallest absolute Gasteiger partial charge is 0.255 e. The Balaban J connectivity index is 3.07. The lowest BCUT2D eigenvalue weighted by molar-refractivity contribution is 0.0762. The van der Waals surface area contributed by atoms with Crippen molar-refractivity contribution in [3.63, 3.8) is 0 Å². The number of aliphatic hydroxyl groups excluding tert-OH is 1. The summed E-state index contributed by atoms with van der Waals surface area (Å²) in [4.78, 5) is 14.4. The third-order valence-electron chi connectivity index (χ3n) is 3.16. The number of rotatable bonds is 5. The van der Waals surface area contributed by atoms with E-state index in [1.165, 1.54) is 0 Å². The number of aliphatic hydroxyl groups is 1. The van der Waals surface area contributed by atoms with E-state index in [4.69, 9.17) is 5.11 Å². The largest absolute Gasteiger partial charge is 0.384 e. The highest BCUT2D eigenvalue weighted by atomic mass is 16.2. The van der Waals surface area contributed by atoms with Crippen molar-refractivity contribution < 1.29 is 9.90 Å². The Hall–Kier alpha value is -1.79. The summed E-state index contributed by atoms with van der Waals surface area (Å²) in [7, 11) is 0. The molecule has 0 saturated carbocycles. The molecule has 0 aromatic heterocycles. The number of hydrogen-bond acceptors (Lipinski definition) is 2. The van der Waals surface area contributed by atoms with Crippen LogP contribution in [0.4, 0.5) is 0 Å². The molecule has 0 spiro atoms. The standard InChI is InChI=1S/C17H23NO2/c1-4-6-11-18(5-2)17(20)16-10-9-14(3)13-15(16)8-7-12-19/h9-10,13,19H,4-6,11-12H2,1-3H3. The summed E-state index contributed by atoms with van der Waals surface area (Å²) in [5, 5.41) is 8.83. The van der Waals surface area contributed by atoms with Gasteiger partial charge in [-0.1, -0.05) is 31.3 Å². The van der Waals surface area contributed by atoms with Crippen LogP contribution in [0.25, 0.3) is 0 Å². The van der Waals surface area contributed by atoms with Gasteiger partial charge in [-0.15, -0.1) is 0 Å². The Kier molecular flexibility index (Phi) is 6.83. The molecule has 1 N–H and O–H groups in total. The molecule has 1 rings (SSSR count). The number of carbonyl (C=O) groups excluding carboxylic acids is 1. The number of aryl methyl sites for hydroxylation is 1. The third kappa shape index (κ3) is 4.40. The van der Waals surface area contributed by atoms with Crippen molar-refractivity contribution in [2.75, 3.05) is 19.7 Å². The van der Waals surface area contributed by atoms with Gasteiger partial charge in [0.05, 0.1) is 5.56 Å². The van der Waals surface area contributed by atoms with Crippen LogP contribution < -0.4 is 0 Å². The topological polar surface area (TPSA) is 40.5 Å². The van der Waals surface area contributed by atoms with Gasteiger partial charge in [-0.25, -0.2) is 0 Å². The van der Waals surface area contributed by atoms with Gasteiger partial charge in [0.1, 0.15) is 6.61 Å². The first kappa shape index (κ1) is 16.3. The molecule has 0 aliphatic heterocycles. The number of unbranched alkanes of at least 4 members (excludes halogenated alkanes) is 1. The SMILES string of the molecule is CCCCN(CC)C(=O)c1ccc(C)cc1C#CCO. The summed E-state index contributed by atoms with van der Waals surface area (Å²) in [6.45, 7) is 7.33. The van der Waals surface area contributed by atoms with Gasteiger partial charge in [0.25, 0.3) is 5.91 Å². The highest BCUT2D eigenvalue weighted by Gasteiger charge is 2.16. The van der Waals surface area contributed by atoms with Crippen molar-refractivity contribution in [1.29, 1.82) is 0 Å². The molecule has 1 aromatic rings. The zero-order valence-corrected chi connectivity index (χ0v) is 12.6. The number of amides is 1. The number of hydrogen-bond donors (Lipinski definition) is 1. The van der Waals surface area contributed by atoms with Crippen LogP contribution in [0.15, 0.2) is 18.2 Å². The molecular weight excluding hydrogens is 250 g/mol. The lowest BCUT2D eigenvalue weighted by atomic mass is 10.0. The summed E-state index contributed by atoms with van der Waals surface area (Å²) in [6.07, 6.45) is 2.07. The van der Waals surface area contributed by atoms with Crippen molar-refractivity contribution in [3.8, 4) is 11.8 Å².